The second kappa shape index (κ2) is 8.79. The lowest BCUT2D eigenvalue weighted by Crippen LogP contribution is -2.02. The first-order valence-corrected chi connectivity index (χ1v) is 10.8. The number of hydrogen-bond acceptors (Lipinski definition) is 4. The number of benzene rings is 3. The Morgan fingerprint density at radius 1 is 1.12 bits per heavy atom. The molecule has 5 nitrogen and oxygen atoms in total. The van der Waals surface area contributed by atoms with Crippen LogP contribution in [0.5, 0.6) is 11.5 Å². The normalized spacial score (nSPS) is 13.4. The average Bonchev–Trinajstić information content (AvgIpc) is 3.60. The lowest BCUT2D eigenvalue weighted by Gasteiger charge is -2.13. The summed E-state index contributed by atoms with van der Waals surface area (Å²) >= 11 is 0. The Morgan fingerprint density at radius 3 is 2.73 bits per heavy atom. The van der Waals surface area contributed by atoms with Crippen LogP contribution in [-0.4, -0.2) is 23.3 Å². The first-order chi connectivity index (χ1) is 16.2. The highest BCUT2D eigenvalue weighted by molar-refractivity contribution is 5.83. The minimum Gasteiger partial charge on any atom is -0.493 e. The summed E-state index contributed by atoms with van der Waals surface area (Å²) in [6.07, 6.45) is 6.14. The zero-order chi connectivity index (χ0) is 22.8. The van der Waals surface area contributed by atoms with Crippen LogP contribution >= 0.6 is 0 Å². The third-order valence-corrected chi connectivity index (χ3v) is 5.71. The van der Waals surface area contributed by atoms with Crippen LogP contribution in [0.3, 0.4) is 0 Å². The van der Waals surface area contributed by atoms with E-state index in [2.05, 4.69) is 0 Å². The Kier molecular flexibility index (Phi) is 5.54. The zero-order valence-corrected chi connectivity index (χ0v) is 18.2. The Balaban J connectivity index is 1.59. The maximum Gasteiger partial charge on any atom is 0.168 e. The zero-order valence-electron chi connectivity index (χ0n) is 18.2. The minimum absolute atomic E-state index is 0.270. The number of hydrogen-bond donors (Lipinski definition) is 0. The van der Waals surface area contributed by atoms with Crippen molar-refractivity contribution in [1.82, 2.24) is 9.55 Å². The third kappa shape index (κ3) is 4.18. The van der Waals surface area contributed by atoms with E-state index in [0.717, 1.165) is 16.6 Å². The number of aromatic nitrogens is 2. The van der Waals surface area contributed by atoms with Crippen molar-refractivity contribution >= 4 is 23.2 Å². The molecular weight excluding hydrogens is 417 g/mol. The summed E-state index contributed by atoms with van der Waals surface area (Å²) < 4.78 is 28.3. The summed E-state index contributed by atoms with van der Waals surface area (Å²) in [6, 6.07) is 19.7. The van der Waals surface area contributed by atoms with Gasteiger partial charge in [0.1, 0.15) is 11.6 Å². The number of ether oxygens (including phenoxy) is 2. The molecule has 33 heavy (non-hydrogen) atoms. The Morgan fingerprint density at radius 2 is 1.97 bits per heavy atom. The van der Waals surface area contributed by atoms with Crippen LogP contribution in [0.4, 0.5) is 4.39 Å². The van der Waals surface area contributed by atoms with Crippen molar-refractivity contribution in [2.75, 3.05) is 13.7 Å². The largest absolute Gasteiger partial charge is 0.493 e. The summed E-state index contributed by atoms with van der Waals surface area (Å²) in [5, 5.41) is 9.10. The van der Waals surface area contributed by atoms with Crippen molar-refractivity contribution in [2.45, 2.75) is 12.8 Å². The molecular formula is C27H22FN3O2. The SMILES string of the molecule is COc1cccc(C=Cc2nc3ccccc3n2-c2ccc(C#N)cc2F)c1OCC1CC1. The fourth-order valence-corrected chi connectivity index (χ4v) is 3.80. The topological polar surface area (TPSA) is 60.1 Å². The fourth-order valence-electron chi connectivity index (χ4n) is 3.80. The van der Waals surface area contributed by atoms with E-state index >= 15 is 0 Å². The van der Waals surface area contributed by atoms with Crippen LogP contribution < -0.4 is 9.47 Å². The molecule has 5 rings (SSSR count). The van der Waals surface area contributed by atoms with Crippen LogP contribution in [0.25, 0.3) is 28.9 Å². The fraction of sp³-hybridized carbons (Fsp3) is 0.185. The molecule has 1 saturated carbocycles. The van der Waals surface area contributed by atoms with Gasteiger partial charge in [-0.05, 0) is 67.3 Å². The van der Waals surface area contributed by atoms with Crippen molar-refractivity contribution in [3.8, 4) is 23.3 Å². The number of nitriles is 1. The second-order valence-corrected chi connectivity index (χ2v) is 8.04. The summed E-state index contributed by atoms with van der Waals surface area (Å²) in [6.45, 7) is 0.663. The van der Waals surface area contributed by atoms with Gasteiger partial charge in [-0.3, -0.25) is 4.57 Å². The molecule has 6 heteroatoms. The Hall–Kier alpha value is -4.11. The van der Waals surface area contributed by atoms with E-state index in [0.29, 0.717) is 35.5 Å². The number of para-hydroxylation sites is 3. The molecule has 0 amide bonds. The van der Waals surface area contributed by atoms with Crippen molar-refractivity contribution in [1.29, 1.82) is 5.26 Å². The quantitative estimate of drug-likeness (QED) is 0.354. The van der Waals surface area contributed by atoms with Gasteiger partial charge in [0.15, 0.2) is 11.5 Å². The molecule has 0 N–H and O–H groups in total. The molecule has 4 aromatic rings. The van der Waals surface area contributed by atoms with E-state index in [1.54, 1.807) is 23.8 Å². The van der Waals surface area contributed by atoms with E-state index in [1.165, 1.54) is 18.9 Å². The molecule has 0 saturated heterocycles. The summed E-state index contributed by atoms with van der Waals surface area (Å²) in [5.41, 5.74) is 2.98. The first-order valence-electron chi connectivity index (χ1n) is 10.8. The van der Waals surface area contributed by atoms with Gasteiger partial charge < -0.3 is 9.47 Å². The number of nitrogens with zero attached hydrogens (tertiary/aromatic N) is 3. The van der Waals surface area contributed by atoms with E-state index in [9.17, 15) is 4.39 Å². The lowest BCUT2D eigenvalue weighted by molar-refractivity contribution is 0.280. The highest BCUT2D eigenvalue weighted by Gasteiger charge is 2.23. The molecule has 1 fully saturated rings. The van der Waals surface area contributed by atoms with Crippen LogP contribution in [0, 0.1) is 23.1 Å². The van der Waals surface area contributed by atoms with Crippen molar-refractivity contribution in [3.05, 3.63) is 83.4 Å². The van der Waals surface area contributed by atoms with Gasteiger partial charge in [-0.25, -0.2) is 9.37 Å². The van der Waals surface area contributed by atoms with E-state index in [1.807, 2.05) is 60.7 Å². The molecule has 1 aromatic heterocycles. The Bertz CT molecular complexity index is 1400. The van der Waals surface area contributed by atoms with Crippen molar-refractivity contribution in [2.24, 2.45) is 5.92 Å². The summed E-state index contributed by atoms with van der Waals surface area (Å²) in [4.78, 5) is 4.72. The van der Waals surface area contributed by atoms with Crippen LogP contribution in [-0.2, 0) is 0 Å². The predicted octanol–water partition coefficient (Wildman–Crippen LogP) is 6.00. The first kappa shape index (κ1) is 20.8. The molecule has 3 aromatic carbocycles. The van der Waals surface area contributed by atoms with Gasteiger partial charge in [0.05, 0.1) is 42.1 Å². The number of fused-ring (bicyclic) bond motifs is 1. The molecule has 0 atom stereocenters. The maximum atomic E-state index is 15.0. The molecule has 1 aliphatic carbocycles. The van der Waals surface area contributed by atoms with Crippen LogP contribution in [0.2, 0.25) is 0 Å². The van der Waals surface area contributed by atoms with E-state index in [-0.39, 0.29) is 5.56 Å². The number of methoxy groups -OCH3 is 1. The smallest absolute Gasteiger partial charge is 0.168 e. The molecule has 164 valence electrons. The van der Waals surface area contributed by atoms with Gasteiger partial charge in [-0.2, -0.15) is 5.26 Å². The minimum atomic E-state index is -0.485. The van der Waals surface area contributed by atoms with Crippen molar-refractivity contribution in [3.63, 3.8) is 0 Å². The molecule has 1 heterocycles. The lowest BCUT2D eigenvalue weighted by atomic mass is 10.1. The third-order valence-electron chi connectivity index (χ3n) is 5.71. The van der Waals surface area contributed by atoms with E-state index < -0.39 is 5.82 Å². The predicted molar refractivity (Wildman–Crippen MR) is 126 cm³/mol. The summed E-state index contributed by atoms with van der Waals surface area (Å²) in [7, 11) is 1.62. The molecule has 0 aliphatic heterocycles. The number of halogens is 1. The van der Waals surface area contributed by atoms with Gasteiger partial charge in [-0.15, -0.1) is 0 Å². The summed E-state index contributed by atoms with van der Waals surface area (Å²) in [5.74, 6) is 2.05. The van der Waals surface area contributed by atoms with Gasteiger partial charge in [0.2, 0.25) is 0 Å². The van der Waals surface area contributed by atoms with Crippen LogP contribution in [0.1, 0.15) is 29.8 Å². The van der Waals surface area contributed by atoms with Gasteiger partial charge in [0.25, 0.3) is 0 Å². The molecule has 0 spiro atoms. The molecule has 0 unspecified atom stereocenters. The number of rotatable bonds is 7. The van der Waals surface area contributed by atoms with E-state index in [4.69, 9.17) is 19.7 Å². The number of imidazole rings is 1. The van der Waals surface area contributed by atoms with Gasteiger partial charge >= 0.3 is 0 Å². The standard InChI is InChI=1S/C27H22FN3O2/c1-32-25-8-4-5-20(27(25)33-17-18-9-10-18)12-14-26-30-22-6-2-3-7-24(22)31(26)23-13-11-19(16-29)15-21(23)28/h2-8,11-15,18H,9-10,17H2,1H3. The van der Waals surface area contributed by atoms with Crippen LogP contribution in [0.15, 0.2) is 60.7 Å². The van der Waals surface area contributed by atoms with Gasteiger partial charge in [-0.1, -0.05) is 24.3 Å². The highest BCUT2D eigenvalue weighted by Crippen LogP contribution is 2.36. The average molecular weight is 439 g/mol. The monoisotopic (exact) mass is 439 g/mol. The molecule has 1 aliphatic rings. The van der Waals surface area contributed by atoms with Crippen molar-refractivity contribution < 1.29 is 13.9 Å². The highest BCUT2D eigenvalue weighted by atomic mass is 19.1. The second-order valence-electron chi connectivity index (χ2n) is 8.04. The molecule has 0 radical (unpaired) electrons. The van der Waals surface area contributed by atoms with Gasteiger partial charge in [0, 0.05) is 5.56 Å². The Labute approximate surface area is 191 Å². The molecule has 0 bridgehead atoms. The maximum absolute atomic E-state index is 15.0.